The summed E-state index contributed by atoms with van der Waals surface area (Å²) in [5.41, 5.74) is 2.69. The molecule has 2 unspecified atom stereocenters. The van der Waals surface area contributed by atoms with Gasteiger partial charge in [0.15, 0.2) is 6.71 Å². The molecule has 0 saturated carbocycles. The Balaban J connectivity index is 1.41. The van der Waals surface area contributed by atoms with Crippen molar-refractivity contribution < 1.29 is 0 Å². The van der Waals surface area contributed by atoms with E-state index in [4.69, 9.17) is 0 Å². The Labute approximate surface area is 207 Å². The van der Waals surface area contributed by atoms with Crippen LogP contribution < -0.4 is 0 Å². The standard InChI is InChI=1S/C30H48B2Si/c1-33(2,3)30-26-16-9-20-28(21-10-17-26)32(30)23-11-22-31-27-18-7-14-25(15-8-19-27)29(31)24-12-5-4-6-13-24/h4-6,11-13,22,25-30H,7-10,14-21,23H2,1-3H3/b22-11+. The molecule has 0 nitrogen and oxygen atoms in total. The molecule has 0 N–H and O–H groups in total. The van der Waals surface area contributed by atoms with Crippen molar-refractivity contribution >= 4 is 21.5 Å². The van der Waals surface area contributed by atoms with E-state index in [1.165, 1.54) is 83.4 Å². The van der Waals surface area contributed by atoms with E-state index in [1.807, 2.05) is 0 Å². The highest BCUT2D eigenvalue weighted by molar-refractivity contribution is 6.90. The third-order valence-corrected chi connectivity index (χ3v) is 13.5. The lowest BCUT2D eigenvalue weighted by Crippen LogP contribution is -2.43. The van der Waals surface area contributed by atoms with Gasteiger partial charge < -0.3 is 0 Å². The number of hydrogen-bond donors (Lipinski definition) is 0. The van der Waals surface area contributed by atoms with E-state index in [0.29, 0.717) is 0 Å². The molecule has 4 bridgehead atoms. The van der Waals surface area contributed by atoms with Crippen molar-refractivity contribution in [3.8, 4) is 0 Å². The first kappa shape index (κ1) is 24.0. The molecule has 4 saturated heterocycles. The molecule has 0 spiro atoms. The van der Waals surface area contributed by atoms with E-state index in [0.717, 1.165) is 48.2 Å². The van der Waals surface area contributed by atoms with Crippen molar-refractivity contribution in [2.45, 2.75) is 126 Å². The zero-order valence-corrected chi connectivity index (χ0v) is 22.9. The number of rotatable bonds is 5. The Morgan fingerprint density at radius 1 is 0.758 bits per heavy atom. The fourth-order valence-electron chi connectivity index (χ4n) is 9.46. The van der Waals surface area contributed by atoms with E-state index in [9.17, 15) is 0 Å². The second-order valence-corrected chi connectivity index (χ2v) is 18.9. The van der Waals surface area contributed by atoms with Crippen LogP contribution in [0.4, 0.5) is 0 Å². The normalized spacial score (nSPS) is 35.4. The van der Waals surface area contributed by atoms with Gasteiger partial charge >= 0.3 is 0 Å². The SMILES string of the molecule is C[Si](C)(C)C1B(C/C=C/B2C3CCCC(CCC3)C2c2ccccc2)C2CCCC1CCC2. The van der Waals surface area contributed by atoms with Gasteiger partial charge in [0.2, 0.25) is 0 Å². The highest BCUT2D eigenvalue weighted by atomic mass is 28.3. The van der Waals surface area contributed by atoms with E-state index in [2.05, 4.69) is 62.0 Å². The van der Waals surface area contributed by atoms with Crippen molar-refractivity contribution in [1.29, 1.82) is 0 Å². The Morgan fingerprint density at radius 3 is 1.94 bits per heavy atom. The average molecular weight is 458 g/mol. The van der Waals surface area contributed by atoms with Gasteiger partial charge in [-0.1, -0.05) is 156 Å². The average Bonchev–Trinajstić information content (AvgIpc) is 3.18. The topological polar surface area (TPSA) is 0 Å². The molecule has 1 aromatic carbocycles. The maximum absolute atomic E-state index is 2.79. The summed E-state index contributed by atoms with van der Waals surface area (Å²) in [6.07, 6.45) is 22.1. The van der Waals surface area contributed by atoms with Gasteiger partial charge in [0.05, 0.1) is 0 Å². The first-order valence-corrected chi connectivity index (χ1v) is 18.3. The lowest BCUT2D eigenvalue weighted by molar-refractivity contribution is 0.392. The summed E-state index contributed by atoms with van der Waals surface area (Å²) in [6, 6.07) is 11.7. The second-order valence-electron chi connectivity index (χ2n) is 13.5. The fraction of sp³-hybridized carbons (Fsp3) is 0.733. The van der Waals surface area contributed by atoms with Crippen molar-refractivity contribution in [1.82, 2.24) is 0 Å². The molecular weight excluding hydrogens is 410 g/mol. The Morgan fingerprint density at radius 2 is 1.33 bits per heavy atom. The number of allylic oxidation sites excluding steroid dienone is 1. The first-order valence-electron chi connectivity index (χ1n) is 14.7. The van der Waals surface area contributed by atoms with Gasteiger partial charge in [-0.25, -0.2) is 0 Å². The van der Waals surface area contributed by atoms with Crippen molar-refractivity contribution in [2.75, 3.05) is 0 Å². The Hall–Kier alpha value is -0.693. The summed E-state index contributed by atoms with van der Waals surface area (Å²) in [5.74, 6) is 7.43. The molecular formula is C30H48B2Si. The van der Waals surface area contributed by atoms with Gasteiger partial charge in [-0.15, -0.1) is 12.1 Å². The molecule has 4 aliphatic rings. The van der Waals surface area contributed by atoms with E-state index < -0.39 is 8.07 Å². The molecule has 1 aromatic rings. The quantitative estimate of drug-likeness (QED) is 0.386. The number of hydrogen-bond acceptors (Lipinski definition) is 0. The van der Waals surface area contributed by atoms with E-state index >= 15 is 0 Å². The number of benzene rings is 1. The second kappa shape index (κ2) is 10.5. The zero-order valence-electron chi connectivity index (χ0n) is 21.9. The van der Waals surface area contributed by atoms with Crippen LogP contribution in [-0.4, -0.2) is 21.5 Å². The molecule has 4 aliphatic heterocycles. The summed E-state index contributed by atoms with van der Waals surface area (Å²) >= 11 is 0. The largest absolute Gasteiger partial charge is 0.177 e. The van der Waals surface area contributed by atoms with Crippen molar-refractivity contribution in [3.63, 3.8) is 0 Å². The maximum atomic E-state index is 2.79. The van der Waals surface area contributed by atoms with Crippen molar-refractivity contribution in [3.05, 3.63) is 47.9 Å². The molecule has 33 heavy (non-hydrogen) atoms. The van der Waals surface area contributed by atoms with Gasteiger partial charge in [0, 0.05) is 8.07 Å². The Kier molecular flexibility index (Phi) is 7.65. The predicted octanol–water partition coefficient (Wildman–Crippen LogP) is 9.35. The predicted molar refractivity (Wildman–Crippen MR) is 152 cm³/mol. The summed E-state index contributed by atoms with van der Waals surface area (Å²) in [6.45, 7) is 9.82. The van der Waals surface area contributed by atoms with Crippen LogP contribution in [-0.2, 0) is 0 Å². The molecule has 0 radical (unpaired) electrons. The van der Waals surface area contributed by atoms with Crippen LogP contribution in [0, 0.1) is 11.8 Å². The lowest BCUT2D eigenvalue weighted by atomic mass is 9.30. The molecule has 0 amide bonds. The molecule has 178 valence electrons. The van der Waals surface area contributed by atoms with Crippen LogP contribution in [0.15, 0.2) is 42.4 Å². The summed E-state index contributed by atoms with van der Waals surface area (Å²) < 4.78 is 0. The minimum absolute atomic E-state index is 0.763. The third kappa shape index (κ3) is 5.29. The zero-order chi connectivity index (χ0) is 22.8. The summed E-state index contributed by atoms with van der Waals surface area (Å²) in [5, 5.41) is 0. The van der Waals surface area contributed by atoms with Crippen LogP contribution in [0.1, 0.15) is 88.4 Å². The minimum atomic E-state index is -1.16. The molecule has 4 heterocycles. The van der Waals surface area contributed by atoms with Crippen LogP contribution in [0.2, 0.25) is 43.0 Å². The third-order valence-electron chi connectivity index (χ3n) is 10.6. The first-order chi connectivity index (χ1) is 16.0. The summed E-state index contributed by atoms with van der Waals surface area (Å²) in [7, 11) is -1.16. The highest BCUT2D eigenvalue weighted by Gasteiger charge is 2.47. The number of fused-ring (bicyclic) bond motifs is 6. The molecule has 2 atom stereocenters. The smallest absolute Gasteiger partial charge is 0.119 e. The monoisotopic (exact) mass is 458 g/mol. The van der Waals surface area contributed by atoms with Crippen LogP contribution in [0.3, 0.4) is 0 Å². The fourth-order valence-corrected chi connectivity index (χ4v) is 12.9. The van der Waals surface area contributed by atoms with Crippen molar-refractivity contribution in [2.24, 2.45) is 11.8 Å². The van der Waals surface area contributed by atoms with Gasteiger partial charge in [0.1, 0.15) is 6.71 Å². The van der Waals surface area contributed by atoms with Gasteiger partial charge in [-0.3, -0.25) is 0 Å². The highest BCUT2D eigenvalue weighted by Crippen LogP contribution is 2.52. The summed E-state index contributed by atoms with van der Waals surface area (Å²) in [4.78, 5) is 0. The van der Waals surface area contributed by atoms with Crippen LogP contribution >= 0.6 is 0 Å². The maximum Gasteiger partial charge on any atom is 0.177 e. The molecule has 0 aliphatic carbocycles. The molecule has 5 rings (SSSR count). The molecule has 0 aromatic heterocycles. The minimum Gasteiger partial charge on any atom is -0.119 e. The van der Waals surface area contributed by atoms with Gasteiger partial charge in [-0.2, -0.15) is 0 Å². The van der Waals surface area contributed by atoms with Gasteiger partial charge in [0.25, 0.3) is 0 Å². The van der Waals surface area contributed by atoms with Crippen LogP contribution in [0.5, 0.6) is 0 Å². The van der Waals surface area contributed by atoms with Crippen LogP contribution in [0.25, 0.3) is 0 Å². The van der Waals surface area contributed by atoms with E-state index in [1.54, 1.807) is 5.56 Å². The lowest BCUT2D eigenvalue weighted by Gasteiger charge is -2.39. The van der Waals surface area contributed by atoms with Gasteiger partial charge in [-0.05, 0) is 17.7 Å². The molecule has 3 heteroatoms. The molecule has 4 fully saturated rings. The van der Waals surface area contributed by atoms with E-state index in [-0.39, 0.29) is 0 Å². The Bertz CT molecular complexity index is 764.